The summed E-state index contributed by atoms with van der Waals surface area (Å²) in [6, 6.07) is 0. The Morgan fingerprint density at radius 2 is 2.50 bits per heavy atom. The van der Waals surface area contributed by atoms with Crippen molar-refractivity contribution in [3.05, 3.63) is 13.6 Å². The van der Waals surface area contributed by atoms with Gasteiger partial charge >= 0.3 is 5.97 Å². The summed E-state index contributed by atoms with van der Waals surface area (Å²) < 4.78 is 9.36. The van der Waals surface area contributed by atoms with Crippen LogP contribution < -0.4 is 0 Å². The number of esters is 1. The molecule has 0 atom stereocenters. The number of ether oxygens (including phenoxy) is 1. The molecule has 0 aliphatic heterocycles. The molecule has 0 aliphatic carbocycles. The lowest BCUT2D eigenvalue weighted by atomic mass is 10.4. The van der Waals surface area contributed by atoms with Crippen LogP contribution in [0.1, 0.15) is 17.3 Å². The van der Waals surface area contributed by atoms with Crippen molar-refractivity contribution in [3.63, 3.8) is 0 Å². The van der Waals surface area contributed by atoms with Crippen molar-refractivity contribution in [2.24, 2.45) is 0 Å². The van der Waals surface area contributed by atoms with Gasteiger partial charge in [-0.05, 0) is 41.0 Å². The van der Waals surface area contributed by atoms with Crippen LogP contribution in [0.25, 0.3) is 0 Å². The second-order valence-corrected chi connectivity index (χ2v) is 4.78. The van der Waals surface area contributed by atoms with E-state index in [1.807, 2.05) is 22.6 Å². The van der Waals surface area contributed by atoms with Gasteiger partial charge in [0.2, 0.25) is 0 Å². The van der Waals surface area contributed by atoms with E-state index in [9.17, 15) is 4.79 Å². The normalized spacial score (nSPS) is 9.92. The van der Waals surface area contributed by atoms with Crippen LogP contribution in [0.15, 0.2) is 0 Å². The van der Waals surface area contributed by atoms with Crippen molar-refractivity contribution in [2.75, 3.05) is 6.61 Å². The number of rotatable bonds is 2. The van der Waals surface area contributed by atoms with E-state index < -0.39 is 5.97 Å². The summed E-state index contributed by atoms with van der Waals surface area (Å²) in [6.45, 7) is 2.10. The summed E-state index contributed by atoms with van der Waals surface area (Å²) in [7, 11) is 0. The van der Waals surface area contributed by atoms with E-state index >= 15 is 0 Å². The Hall–Kier alpha value is 0.120. The summed E-state index contributed by atoms with van der Waals surface area (Å²) >= 11 is 8.87. The molecule has 0 aromatic carbocycles. The molecule has 6 heteroatoms. The first-order valence-corrected chi connectivity index (χ1v) is 5.37. The van der Waals surface area contributed by atoms with Gasteiger partial charge in [0.15, 0.2) is 5.15 Å². The molecule has 12 heavy (non-hydrogen) atoms. The van der Waals surface area contributed by atoms with Crippen LogP contribution in [0.5, 0.6) is 0 Å². The van der Waals surface area contributed by atoms with Crippen LogP contribution in [0, 0.1) is 2.88 Å². The molecule has 0 radical (unpaired) electrons. The molecule has 1 rings (SSSR count). The van der Waals surface area contributed by atoms with Crippen LogP contribution in [0.3, 0.4) is 0 Å². The zero-order valence-corrected chi connectivity index (χ0v) is 9.86. The highest BCUT2D eigenvalue weighted by molar-refractivity contribution is 14.1. The number of aromatic nitrogens is 1. The molecule has 1 aromatic rings. The predicted molar refractivity (Wildman–Crippen MR) is 55.8 cm³/mol. The monoisotopic (exact) mass is 317 g/mol. The fourth-order valence-corrected chi connectivity index (χ4v) is 2.40. The molecule has 1 aromatic heterocycles. The third-order valence-electron chi connectivity index (χ3n) is 1.09. The van der Waals surface area contributed by atoms with E-state index in [4.69, 9.17) is 16.3 Å². The fraction of sp³-hybridized carbons (Fsp3) is 0.333. The van der Waals surface area contributed by atoms with Crippen LogP contribution in [0.4, 0.5) is 0 Å². The molecule has 0 saturated carbocycles. The number of carbonyl (C=O) groups excluding carboxylic acids is 1. The van der Waals surface area contributed by atoms with Crippen molar-refractivity contribution in [3.8, 4) is 0 Å². The Kier molecular flexibility index (Phi) is 3.73. The van der Waals surface area contributed by atoms with E-state index in [1.165, 1.54) is 11.5 Å². The highest BCUT2D eigenvalue weighted by Crippen LogP contribution is 2.25. The molecule has 3 nitrogen and oxygen atoms in total. The summed E-state index contributed by atoms with van der Waals surface area (Å²) in [6.07, 6.45) is 0. The molecular formula is C6H5ClINO2S. The Balaban J connectivity index is 2.93. The minimum Gasteiger partial charge on any atom is -0.462 e. The summed E-state index contributed by atoms with van der Waals surface area (Å²) in [5, 5.41) is 0.225. The van der Waals surface area contributed by atoms with Crippen molar-refractivity contribution < 1.29 is 9.53 Å². The van der Waals surface area contributed by atoms with Crippen molar-refractivity contribution in [2.45, 2.75) is 6.92 Å². The molecule has 0 fully saturated rings. The average Bonchev–Trinajstić information content (AvgIpc) is 2.32. The quantitative estimate of drug-likeness (QED) is 0.622. The molecule has 0 saturated heterocycles. The van der Waals surface area contributed by atoms with Gasteiger partial charge in [-0.1, -0.05) is 11.6 Å². The average molecular weight is 318 g/mol. The second-order valence-electron chi connectivity index (χ2n) is 1.84. The van der Waals surface area contributed by atoms with E-state index in [1.54, 1.807) is 6.92 Å². The first-order valence-electron chi connectivity index (χ1n) is 3.14. The maximum Gasteiger partial charge on any atom is 0.343 e. The Bertz CT molecular complexity index is 282. The molecule has 0 N–H and O–H groups in total. The summed E-state index contributed by atoms with van der Waals surface area (Å²) in [4.78, 5) is 11.2. The maximum atomic E-state index is 11.2. The van der Waals surface area contributed by atoms with Crippen LogP contribution >= 0.6 is 45.7 Å². The molecule has 0 unspecified atom stereocenters. The number of nitrogens with zero attached hydrogens (tertiary/aromatic N) is 1. The smallest absolute Gasteiger partial charge is 0.343 e. The Labute approximate surface area is 92.4 Å². The maximum absolute atomic E-state index is 11.2. The van der Waals surface area contributed by atoms with Crippen molar-refractivity contribution >= 4 is 51.7 Å². The van der Waals surface area contributed by atoms with E-state index in [0.29, 0.717) is 12.2 Å². The topological polar surface area (TPSA) is 39.2 Å². The minimum atomic E-state index is -0.402. The Morgan fingerprint density at radius 1 is 1.83 bits per heavy atom. The molecular weight excluding hydrogens is 312 g/mol. The van der Waals surface area contributed by atoms with Crippen LogP contribution in [-0.4, -0.2) is 16.9 Å². The summed E-state index contributed by atoms with van der Waals surface area (Å²) in [5.74, 6) is -0.402. The SMILES string of the molecule is CCOC(=O)c1c(Cl)nsc1I. The van der Waals surface area contributed by atoms with E-state index in [2.05, 4.69) is 4.37 Å². The van der Waals surface area contributed by atoms with Gasteiger partial charge in [-0.3, -0.25) is 0 Å². The van der Waals surface area contributed by atoms with Gasteiger partial charge in [-0.25, -0.2) is 4.79 Å². The molecule has 0 bridgehead atoms. The fourth-order valence-electron chi connectivity index (χ4n) is 0.620. The van der Waals surface area contributed by atoms with Crippen molar-refractivity contribution in [1.82, 2.24) is 4.37 Å². The minimum absolute atomic E-state index is 0.225. The standard InChI is InChI=1S/C6H5ClINO2S/c1-2-11-6(10)3-4(7)9-12-5(3)8/h2H2,1H3. The van der Waals surface area contributed by atoms with E-state index in [-0.39, 0.29) is 5.15 Å². The number of carbonyl (C=O) groups is 1. The predicted octanol–water partition coefficient (Wildman–Crippen LogP) is 2.58. The lowest BCUT2D eigenvalue weighted by Crippen LogP contribution is -2.05. The van der Waals surface area contributed by atoms with Crippen LogP contribution in [-0.2, 0) is 4.74 Å². The van der Waals surface area contributed by atoms with Crippen LogP contribution in [0.2, 0.25) is 5.15 Å². The zero-order chi connectivity index (χ0) is 9.14. The largest absolute Gasteiger partial charge is 0.462 e. The molecule has 0 spiro atoms. The molecule has 1 heterocycles. The highest BCUT2D eigenvalue weighted by Gasteiger charge is 2.18. The second kappa shape index (κ2) is 4.38. The summed E-state index contributed by atoms with van der Waals surface area (Å²) in [5.41, 5.74) is 0.379. The van der Waals surface area contributed by atoms with Crippen molar-refractivity contribution in [1.29, 1.82) is 0 Å². The lowest BCUT2D eigenvalue weighted by molar-refractivity contribution is 0.0526. The van der Waals surface area contributed by atoms with E-state index in [0.717, 1.165) is 2.88 Å². The number of hydrogen-bond acceptors (Lipinski definition) is 4. The third kappa shape index (κ3) is 2.08. The number of halogens is 2. The first kappa shape index (κ1) is 10.2. The van der Waals surface area contributed by atoms with Gasteiger partial charge in [0, 0.05) is 0 Å². The lowest BCUT2D eigenvalue weighted by Gasteiger charge is -1.98. The van der Waals surface area contributed by atoms with Gasteiger partial charge in [0.25, 0.3) is 0 Å². The van der Waals surface area contributed by atoms with Gasteiger partial charge in [-0.2, -0.15) is 4.37 Å². The highest BCUT2D eigenvalue weighted by atomic mass is 127. The Morgan fingerprint density at radius 3 is 2.92 bits per heavy atom. The van der Waals surface area contributed by atoms with Gasteiger partial charge in [0.05, 0.1) is 6.61 Å². The zero-order valence-electron chi connectivity index (χ0n) is 6.13. The van der Waals surface area contributed by atoms with Gasteiger partial charge < -0.3 is 4.74 Å². The molecule has 0 amide bonds. The number of hydrogen-bond donors (Lipinski definition) is 0. The van der Waals surface area contributed by atoms with Gasteiger partial charge in [-0.15, -0.1) is 0 Å². The first-order chi connectivity index (χ1) is 5.66. The van der Waals surface area contributed by atoms with Gasteiger partial charge in [0.1, 0.15) is 8.45 Å². The molecule has 0 aliphatic rings. The molecule has 66 valence electrons. The third-order valence-corrected chi connectivity index (χ3v) is 3.23.